The molecule has 0 saturated carbocycles. The lowest BCUT2D eigenvalue weighted by Crippen LogP contribution is -2.34. The molecule has 2 heterocycles. The largest absolute Gasteiger partial charge is 0.312 e. The van der Waals surface area contributed by atoms with Crippen molar-refractivity contribution in [2.75, 3.05) is 19.6 Å². The summed E-state index contributed by atoms with van der Waals surface area (Å²) in [7, 11) is 0. The lowest BCUT2D eigenvalue weighted by molar-refractivity contribution is 0.171. The fraction of sp³-hybridized carbons (Fsp3) is 0.667. The molecule has 0 aliphatic carbocycles. The van der Waals surface area contributed by atoms with E-state index in [4.69, 9.17) is 0 Å². The van der Waals surface area contributed by atoms with E-state index >= 15 is 0 Å². The summed E-state index contributed by atoms with van der Waals surface area (Å²) in [6, 6.07) is 6.88. The summed E-state index contributed by atoms with van der Waals surface area (Å²) in [5.74, 6) is 0.991. The first-order valence-corrected chi connectivity index (χ1v) is 8.39. The maximum absolute atomic E-state index is 3.48. The molecule has 20 heavy (non-hydrogen) atoms. The van der Waals surface area contributed by atoms with Gasteiger partial charge in [-0.25, -0.2) is 0 Å². The second kappa shape index (κ2) is 6.73. The summed E-state index contributed by atoms with van der Waals surface area (Å²) in [6.07, 6.45) is 6.80. The Kier molecular flexibility index (Phi) is 4.74. The van der Waals surface area contributed by atoms with Crippen LogP contribution in [0.15, 0.2) is 18.2 Å². The third kappa shape index (κ3) is 3.24. The first-order valence-electron chi connectivity index (χ1n) is 8.39. The number of benzene rings is 1. The van der Waals surface area contributed by atoms with Gasteiger partial charge >= 0.3 is 0 Å². The van der Waals surface area contributed by atoms with Gasteiger partial charge in [0.15, 0.2) is 0 Å². The van der Waals surface area contributed by atoms with Gasteiger partial charge in [0.25, 0.3) is 0 Å². The Morgan fingerprint density at radius 2 is 2.10 bits per heavy atom. The first kappa shape index (κ1) is 14.1. The van der Waals surface area contributed by atoms with Crippen molar-refractivity contribution in [3.63, 3.8) is 0 Å². The van der Waals surface area contributed by atoms with Gasteiger partial charge in [-0.3, -0.25) is 4.90 Å². The Balaban J connectivity index is 1.61. The highest BCUT2D eigenvalue weighted by atomic mass is 15.1. The monoisotopic (exact) mass is 272 g/mol. The van der Waals surface area contributed by atoms with Gasteiger partial charge in [-0.15, -0.1) is 0 Å². The molecule has 110 valence electrons. The predicted octanol–water partition coefficient (Wildman–Crippen LogP) is 3.34. The number of fused-ring (bicyclic) bond motifs is 1. The zero-order valence-electron chi connectivity index (χ0n) is 12.8. The minimum absolute atomic E-state index is 0.991. The summed E-state index contributed by atoms with van der Waals surface area (Å²) >= 11 is 0. The van der Waals surface area contributed by atoms with Crippen LogP contribution in [0.3, 0.4) is 0 Å². The molecule has 0 unspecified atom stereocenters. The van der Waals surface area contributed by atoms with Gasteiger partial charge in [0.2, 0.25) is 0 Å². The van der Waals surface area contributed by atoms with Gasteiger partial charge in [-0.1, -0.05) is 38.0 Å². The third-order valence-corrected chi connectivity index (χ3v) is 5.04. The van der Waals surface area contributed by atoms with Crippen LogP contribution in [0, 0.1) is 5.92 Å². The molecule has 1 fully saturated rings. The average Bonchev–Trinajstić information content (AvgIpc) is 2.50. The van der Waals surface area contributed by atoms with Gasteiger partial charge in [-0.2, -0.15) is 0 Å². The van der Waals surface area contributed by atoms with Crippen molar-refractivity contribution in [2.45, 2.75) is 52.1 Å². The molecule has 0 radical (unpaired) electrons. The highest BCUT2D eigenvalue weighted by Crippen LogP contribution is 2.25. The SMILES string of the molecule is CCCC1CCN(Cc2cccc3c2CCNC3)CC1. The topological polar surface area (TPSA) is 15.3 Å². The molecular formula is C18H28N2. The second-order valence-electron chi connectivity index (χ2n) is 6.49. The maximum atomic E-state index is 3.48. The maximum Gasteiger partial charge on any atom is 0.0236 e. The van der Waals surface area contributed by atoms with Crippen molar-refractivity contribution < 1.29 is 0 Å². The molecule has 0 bridgehead atoms. The Bertz CT molecular complexity index is 433. The molecule has 0 spiro atoms. The summed E-state index contributed by atoms with van der Waals surface area (Å²) in [4.78, 5) is 2.67. The van der Waals surface area contributed by atoms with E-state index in [2.05, 4.69) is 35.3 Å². The molecule has 0 atom stereocenters. The zero-order valence-corrected chi connectivity index (χ0v) is 12.8. The Morgan fingerprint density at radius 3 is 2.90 bits per heavy atom. The van der Waals surface area contributed by atoms with Crippen molar-refractivity contribution in [2.24, 2.45) is 5.92 Å². The van der Waals surface area contributed by atoms with Crippen molar-refractivity contribution >= 4 is 0 Å². The normalized spacial score (nSPS) is 20.9. The van der Waals surface area contributed by atoms with E-state index in [1.165, 1.54) is 57.3 Å². The third-order valence-electron chi connectivity index (χ3n) is 5.04. The fourth-order valence-corrected chi connectivity index (χ4v) is 3.84. The van der Waals surface area contributed by atoms with Crippen LogP contribution in [0.5, 0.6) is 0 Å². The zero-order chi connectivity index (χ0) is 13.8. The van der Waals surface area contributed by atoms with Crippen molar-refractivity contribution in [3.05, 3.63) is 34.9 Å². The summed E-state index contributed by atoms with van der Waals surface area (Å²) in [6.45, 7) is 8.28. The minimum atomic E-state index is 0.991. The summed E-state index contributed by atoms with van der Waals surface area (Å²) < 4.78 is 0. The average molecular weight is 272 g/mol. The van der Waals surface area contributed by atoms with Crippen LogP contribution in [0.2, 0.25) is 0 Å². The molecule has 0 amide bonds. The van der Waals surface area contributed by atoms with Gasteiger partial charge < -0.3 is 5.32 Å². The lowest BCUT2D eigenvalue weighted by Gasteiger charge is -2.33. The van der Waals surface area contributed by atoms with Crippen molar-refractivity contribution in [1.29, 1.82) is 0 Å². The van der Waals surface area contributed by atoms with Crippen LogP contribution in [0.1, 0.15) is 49.3 Å². The molecular weight excluding hydrogens is 244 g/mol. The van der Waals surface area contributed by atoms with Gasteiger partial charge in [0, 0.05) is 13.1 Å². The van der Waals surface area contributed by atoms with Crippen LogP contribution in [0.25, 0.3) is 0 Å². The van der Waals surface area contributed by atoms with Crippen LogP contribution in [-0.4, -0.2) is 24.5 Å². The molecule has 2 aliphatic heterocycles. The van der Waals surface area contributed by atoms with Gasteiger partial charge in [0.1, 0.15) is 0 Å². The van der Waals surface area contributed by atoms with E-state index in [0.717, 1.165) is 19.0 Å². The fourth-order valence-electron chi connectivity index (χ4n) is 3.84. The van der Waals surface area contributed by atoms with E-state index in [0.29, 0.717) is 0 Å². The van der Waals surface area contributed by atoms with Gasteiger partial charge in [-0.05, 0) is 61.5 Å². The van der Waals surface area contributed by atoms with Crippen LogP contribution in [-0.2, 0) is 19.5 Å². The first-order chi connectivity index (χ1) is 9.86. The molecule has 2 nitrogen and oxygen atoms in total. The molecule has 1 N–H and O–H groups in total. The number of nitrogens with zero attached hydrogens (tertiary/aromatic N) is 1. The van der Waals surface area contributed by atoms with E-state index in [1.54, 1.807) is 11.1 Å². The predicted molar refractivity (Wildman–Crippen MR) is 84.8 cm³/mol. The van der Waals surface area contributed by atoms with Crippen LogP contribution >= 0.6 is 0 Å². The number of piperidine rings is 1. The van der Waals surface area contributed by atoms with Crippen LogP contribution in [0.4, 0.5) is 0 Å². The van der Waals surface area contributed by atoms with Crippen LogP contribution < -0.4 is 5.32 Å². The molecule has 1 saturated heterocycles. The summed E-state index contributed by atoms with van der Waals surface area (Å²) in [5, 5.41) is 3.48. The second-order valence-corrected chi connectivity index (χ2v) is 6.49. The van der Waals surface area contributed by atoms with E-state index in [-0.39, 0.29) is 0 Å². The van der Waals surface area contributed by atoms with E-state index in [1.807, 2.05) is 0 Å². The minimum Gasteiger partial charge on any atom is -0.312 e. The smallest absolute Gasteiger partial charge is 0.0236 e. The standard InChI is InChI=1S/C18H28N2/c1-2-4-15-8-11-20(12-9-15)14-17-6-3-5-16-13-19-10-7-18(16)17/h3,5-6,15,19H,2,4,7-14H2,1H3. The number of hydrogen-bond acceptors (Lipinski definition) is 2. The number of hydrogen-bond donors (Lipinski definition) is 1. The number of nitrogens with one attached hydrogen (secondary N) is 1. The van der Waals surface area contributed by atoms with Crippen molar-refractivity contribution in [3.8, 4) is 0 Å². The number of rotatable bonds is 4. The molecule has 1 aromatic rings. The Labute approximate surface area is 123 Å². The van der Waals surface area contributed by atoms with Crippen molar-refractivity contribution in [1.82, 2.24) is 10.2 Å². The molecule has 2 heteroatoms. The molecule has 2 aliphatic rings. The highest BCUT2D eigenvalue weighted by Gasteiger charge is 2.20. The summed E-state index contributed by atoms with van der Waals surface area (Å²) in [5.41, 5.74) is 4.73. The highest BCUT2D eigenvalue weighted by molar-refractivity contribution is 5.37. The molecule has 1 aromatic carbocycles. The lowest BCUT2D eigenvalue weighted by atomic mass is 9.91. The molecule has 0 aromatic heterocycles. The van der Waals surface area contributed by atoms with E-state index < -0.39 is 0 Å². The molecule has 3 rings (SSSR count). The number of likely N-dealkylation sites (tertiary alicyclic amines) is 1. The quantitative estimate of drug-likeness (QED) is 0.904. The Hall–Kier alpha value is -0.860. The Morgan fingerprint density at radius 1 is 1.25 bits per heavy atom. The van der Waals surface area contributed by atoms with Gasteiger partial charge in [0.05, 0.1) is 0 Å². The van der Waals surface area contributed by atoms with E-state index in [9.17, 15) is 0 Å².